The number of ether oxygens (including phenoxy) is 1. The van der Waals surface area contributed by atoms with Gasteiger partial charge in [0.1, 0.15) is 10.8 Å². The Bertz CT molecular complexity index is 1560. The Balaban J connectivity index is 1.30. The molecule has 2 aromatic carbocycles. The molecule has 44 heavy (non-hydrogen) atoms. The van der Waals surface area contributed by atoms with Crippen molar-refractivity contribution in [3.8, 4) is 5.75 Å². The number of piperidine rings is 1. The summed E-state index contributed by atoms with van der Waals surface area (Å²) in [5.74, 6) is 1.22. The van der Waals surface area contributed by atoms with Gasteiger partial charge in [0.25, 0.3) is 0 Å². The molecule has 0 radical (unpaired) electrons. The van der Waals surface area contributed by atoms with Gasteiger partial charge in [0.05, 0.1) is 43.2 Å². The van der Waals surface area contributed by atoms with Gasteiger partial charge in [0.2, 0.25) is 16.0 Å². The highest BCUT2D eigenvalue weighted by Gasteiger charge is 2.27. The zero-order chi connectivity index (χ0) is 31.4. The van der Waals surface area contributed by atoms with E-state index in [2.05, 4.69) is 48.4 Å². The third-order valence-electron chi connectivity index (χ3n) is 8.39. The summed E-state index contributed by atoms with van der Waals surface area (Å²) in [5, 5.41) is 16.2. The topological polar surface area (TPSA) is 126 Å². The van der Waals surface area contributed by atoms with E-state index in [1.807, 2.05) is 12.1 Å². The maximum atomic E-state index is 12.3. The van der Waals surface area contributed by atoms with Crippen molar-refractivity contribution >= 4 is 56.1 Å². The fraction of sp³-hybridized carbons (Fsp3) is 0.467. The number of hydrogen-bond donors (Lipinski definition) is 3. The summed E-state index contributed by atoms with van der Waals surface area (Å²) < 4.78 is 31.5. The Kier molecular flexibility index (Phi) is 10.0. The number of aromatic nitrogens is 2. The van der Waals surface area contributed by atoms with Crippen molar-refractivity contribution in [2.24, 2.45) is 0 Å². The molecular formula is C30H41ClN8O4S. The molecule has 0 amide bonds. The lowest BCUT2D eigenvalue weighted by molar-refractivity contribution is 0.0982. The Labute approximate surface area is 264 Å². The summed E-state index contributed by atoms with van der Waals surface area (Å²) in [6.07, 6.45) is 4.86. The highest BCUT2D eigenvalue weighted by Crippen LogP contribution is 2.35. The molecule has 0 atom stereocenters. The molecule has 2 aliphatic heterocycles. The molecule has 12 nitrogen and oxygen atoms in total. The monoisotopic (exact) mass is 644 g/mol. The standard InChI is InChI=1S/C30H41ClN8O4S/c1-36-13-15-39(16-14-36)22-9-11-38(12-10-22)23-6-8-26(28(18-23)43-3)34-30-32-19-24(31)29(35-30)33-25-7-5-21(20-40)17-27(25)37(2)44(4,41)42/h5-8,17-19,22,40H,9-16,20H2,1-4H3,(H2,32,33,34,35). The molecule has 0 unspecified atom stereocenters. The van der Waals surface area contributed by atoms with Gasteiger partial charge in [0.15, 0.2) is 5.82 Å². The molecule has 0 bridgehead atoms. The molecule has 14 heteroatoms. The number of benzene rings is 2. The van der Waals surface area contributed by atoms with Crippen LogP contribution in [0.25, 0.3) is 0 Å². The van der Waals surface area contributed by atoms with Gasteiger partial charge in [-0.25, -0.2) is 13.4 Å². The first-order chi connectivity index (χ1) is 21.0. The third kappa shape index (κ3) is 7.46. The lowest BCUT2D eigenvalue weighted by Crippen LogP contribution is -2.52. The van der Waals surface area contributed by atoms with E-state index in [0.29, 0.717) is 34.4 Å². The van der Waals surface area contributed by atoms with E-state index in [4.69, 9.17) is 16.3 Å². The minimum atomic E-state index is -3.57. The lowest BCUT2D eigenvalue weighted by atomic mass is 10.0. The Morgan fingerprint density at radius 1 is 1.05 bits per heavy atom. The smallest absolute Gasteiger partial charge is 0.232 e. The highest BCUT2D eigenvalue weighted by atomic mass is 35.5. The van der Waals surface area contributed by atoms with Crippen LogP contribution in [0.4, 0.5) is 34.5 Å². The molecule has 238 valence electrons. The number of hydrogen-bond acceptors (Lipinski definition) is 11. The molecule has 0 spiro atoms. The summed E-state index contributed by atoms with van der Waals surface area (Å²) in [6, 6.07) is 11.7. The van der Waals surface area contributed by atoms with Crippen molar-refractivity contribution in [3.05, 3.63) is 53.2 Å². The van der Waals surface area contributed by atoms with Crippen LogP contribution in [0.2, 0.25) is 5.02 Å². The Morgan fingerprint density at radius 2 is 1.75 bits per heavy atom. The molecule has 3 N–H and O–H groups in total. The van der Waals surface area contributed by atoms with Crippen LogP contribution in [0.1, 0.15) is 18.4 Å². The molecule has 2 fully saturated rings. The molecule has 1 aromatic heterocycles. The van der Waals surface area contributed by atoms with Crippen molar-refractivity contribution in [3.63, 3.8) is 0 Å². The largest absolute Gasteiger partial charge is 0.494 e. The molecule has 2 aliphatic rings. The zero-order valence-electron chi connectivity index (χ0n) is 25.6. The number of aliphatic hydroxyl groups excluding tert-OH is 1. The van der Waals surface area contributed by atoms with Crippen molar-refractivity contribution in [2.75, 3.05) is 86.6 Å². The van der Waals surface area contributed by atoms with Crippen LogP contribution in [-0.2, 0) is 16.6 Å². The summed E-state index contributed by atoms with van der Waals surface area (Å²) in [5.41, 5.74) is 3.15. The number of piperazine rings is 1. The second-order valence-electron chi connectivity index (χ2n) is 11.3. The van der Waals surface area contributed by atoms with E-state index < -0.39 is 10.0 Å². The summed E-state index contributed by atoms with van der Waals surface area (Å²) in [6.45, 7) is 6.33. The van der Waals surface area contributed by atoms with E-state index in [0.717, 1.165) is 68.4 Å². The van der Waals surface area contributed by atoms with Crippen molar-refractivity contribution < 1.29 is 18.3 Å². The van der Waals surface area contributed by atoms with Crippen molar-refractivity contribution in [1.82, 2.24) is 19.8 Å². The Hall–Kier alpha value is -3.36. The number of nitrogens with zero attached hydrogens (tertiary/aromatic N) is 6. The predicted octanol–water partition coefficient (Wildman–Crippen LogP) is 3.73. The fourth-order valence-corrected chi connectivity index (χ4v) is 6.29. The van der Waals surface area contributed by atoms with E-state index >= 15 is 0 Å². The first-order valence-electron chi connectivity index (χ1n) is 14.7. The van der Waals surface area contributed by atoms with Crippen LogP contribution >= 0.6 is 11.6 Å². The van der Waals surface area contributed by atoms with Gasteiger partial charge >= 0.3 is 0 Å². The molecule has 2 saturated heterocycles. The second-order valence-corrected chi connectivity index (χ2v) is 13.7. The highest BCUT2D eigenvalue weighted by molar-refractivity contribution is 7.92. The number of nitrogens with one attached hydrogen (secondary N) is 2. The maximum Gasteiger partial charge on any atom is 0.232 e. The normalized spacial score (nSPS) is 17.0. The molecule has 0 aliphatic carbocycles. The molecular weight excluding hydrogens is 604 g/mol. The van der Waals surface area contributed by atoms with E-state index in [-0.39, 0.29) is 23.4 Å². The molecule has 3 aromatic rings. The van der Waals surface area contributed by atoms with Crippen molar-refractivity contribution in [1.29, 1.82) is 0 Å². The van der Waals surface area contributed by atoms with Crippen LogP contribution in [0, 0.1) is 0 Å². The molecule has 0 saturated carbocycles. The second kappa shape index (κ2) is 13.7. The van der Waals surface area contributed by atoms with E-state index in [1.165, 1.54) is 13.2 Å². The van der Waals surface area contributed by atoms with Crippen LogP contribution in [0.3, 0.4) is 0 Å². The summed E-state index contributed by atoms with van der Waals surface area (Å²) in [4.78, 5) is 16.3. The van der Waals surface area contributed by atoms with Gasteiger partial charge in [-0.1, -0.05) is 17.7 Å². The van der Waals surface area contributed by atoms with Gasteiger partial charge in [-0.15, -0.1) is 0 Å². The first-order valence-corrected chi connectivity index (χ1v) is 16.9. The number of likely N-dealkylation sites (N-methyl/N-ethyl adjacent to an activating group) is 1. The van der Waals surface area contributed by atoms with Gasteiger partial charge in [0, 0.05) is 64.1 Å². The number of halogens is 1. The van der Waals surface area contributed by atoms with Crippen molar-refractivity contribution in [2.45, 2.75) is 25.5 Å². The quantitative estimate of drug-likeness (QED) is 0.299. The number of aliphatic hydroxyl groups is 1. The summed E-state index contributed by atoms with van der Waals surface area (Å²) >= 11 is 6.44. The fourth-order valence-electron chi connectivity index (χ4n) is 5.64. The van der Waals surface area contributed by atoms with Crippen LogP contribution in [0.5, 0.6) is 5.75 Å². The van der Waals surface area contributed by atoms with E-state index in [1.54, 1.807) is 25.3 Å². The number of methoxy groups -OCH3 is 1. The maximum absolute atomic E-state index is 12.3. The minimum absolute atomic E-state index is 0.233. The van der Waals surface area contributed by atoms with Gasteiger partial charge in [-0.3, -0.25) is 9.21 Å². The first kappa shape index (κ1) is 32.0. The lowest BCUT2D eigenvalue weighted by Gasteiger charge is -2.42. The number of anilines is 6. The third-order valence-corrected chi connectivity index (χ3v) is 9.86. The minimum Gasteiger partial charge on any atom is -0.494 e. The average Bonchev–Trinajstić information content (AvgIpc) is 3.02. The van der Waals surface area contributed by atoms with Gasteiger partial charge < -0.3 is 30.3 Å². The van der Waals surface area contributed by atoms with E-state index in [9.17, 15) is 13.5 Å². The van der Waals surface area contributed by atoms with Crippen LogP contribution in [-0.4, -0.2) is 106 Å². The van der Waals surface area contributed by atoms with Crippen LogP contribution < -0.4 is 24.6 Å². The number of rotatable bonds is 10. The summed E-state index contributed by atoms with van der Waals surface area (Å²) in [7, 11) is 1.70. The van der Waals surface area contributed by atoms with Gasteiger partial charge in [-0.2, -0.15) is 4.98 Å². The number of sulfonamides is 1. The zero-order valence-corrected chi connectivity index (χ0v) is 27.2. The predicted molar refractivity (Wildman–Crippen MR) is 177 cm³/mol. The SMILES string of the molecule is COc1cc(N2CCC(N3CCN(C)CC3)CC2)ccc1Nc1ncc(Cl)c(Nc2ccc(CO)cc2N(C)S(C)(=O)=O)n1. The Morgan fingerprint density at radius 3 is 2.41 bits per heavy atom. The molecule has 3 heterocycles. The van der Waals surface area contributed by atoms with Gasteiger partial charge in [-0.05, 0) is 49.7 Å². The van der Waals surface area contributed by atoms with Crippen LogP contribution in [0.15, 0.2) is 42.6 Å². The average molecular weight is 645 g/mol. The molecule has 5 rings (SSSR count).